The summed E-state index contributed by atoms with van der Waals surface area (Å²) in [7, 11) is 4.33. The van der Waals surface area contributed by atoms with Gasteiger partial charge in [0.2, 0.25) is 5.95 Å². The Hall–Kier alpha value is -3.85. The van der Waals surface area contributed by atoms with E-state index in [0.717, 1.165) is 5.69 Å². The van der Waals surface area contributed by atoms with Gasteiger partial charge in [-0.3, -0.25) is 4.79 Å². The number of pyridine rings is 2. The highest BCUT2D eigenvalue weighted by molar-refractivity contribution is 5.76. The molecule has 0 unspecified atom stereocenters. The largest absolute Gasteiger partial charge is 0.309 e. The third kappa shape index (κ3) is 5.49. The zero-order chi connectivity index (χ0) is 27.7. The number of anilines is 2. The van der Waals surface area contributed by atoms with Crippen molar-refractivity contribution in [3.63, 3.8) is 0 Å². The highest BCUT2D eigenvalue weighted by Crippen LogP contribution is 2.34. The molecule has 4 aromatic rings. The molecule has 1 aliphatic rings. The average Bonchev–Trinajstić information content (AvgIpc) is 3.19. The van der Waals surface area contributed by atoms with E-state index in [1.54, 1.807) is 21.6 Å². The van der Waals surface area contributed by atoms with Crippen molar-refractivity contribution in [3.05, 3.63) is 77.0 Å². The van der Waals surface area contributed by atoms with Crippen molar-refractivity contribution in [1.82, 2.24) is 34.2 Å². The van der Waals surface area contributed by atoms with Crippen molar-refractivity contribution < 1.29 is 0 Å². The minimum atomic E-state index is -0.189. The summed E-state index contributed by atoms with van der Waals surface area (Å²) >= 11 is 0. The molecule has 0 aromatic carbocycles. The van der Waals surface area contributed by atoms with E-state index in [0.29, 0.717) is 47.1 Å². The van der Waals surface area contributed by atoms with Crippen LogP contribution in [0.3, 0.4) is 0 Å². The minimum absolute atomic E-state index is 0.145. The highest BCUT2D eigenvalue weighted by atomic mass is 16.1. The number of nitrogens with one attached hydrogen (secondary N) is 1. The van der Waals surface area contributed by atoms with Gasteiger partial charge < -0.3 is 10.2 Å². The SMILES string of the molecule is C=CCn1c(=O)c2cnc(Nc3ccc(C4CCC(N(C)C)CC4)cn3)nc2n1-c1cccc(C(C)(C)C)n1. The quantitative estimate of drug-likeness (QED) is 0.331. The second kappa shape index (κ2) is 10.7. The molecule has 0 saturated heterocycles. The van der Waals surface area contributed by atoms with E-state index < -0.39 is 0 Å². The zero-order valence-corrected chi connectivity index (χ0v) is 23.6. The molecule has 0 aliphatic heterocycles. The molecule has 0 radical (unpaired) electrons. The summed E-state index contributed by atoms with van der Waals surface area (Å²) in [6, 6.07) is 10.6. The molecule has 1 N–H and O–H groups in total. The molecular weight excluding hydrogens is 488 g/mol. The van der Waals surface area contributed by atoms with E-state index in [1.165, 1.54) is 31.2 Å². The fourth-order valence-electron chi connectivity index (χ4n) is 5.33. The topological polar surface area (TPSA) is 93.8 Å². The van der Waals surface area contributed by atoms with Gasteiger partial charge in [0, 0.05) is 29.5 Å². The fraction of sp³-hybridized carbons (Fsp3) is 0.433. The molecule has 4 heterocycles. The summed E-state index contributed by atoms with van der Waals surface area (Å²) in [4.78, 5) is 34.3. The van der Waals surface area contributed by atoms with Crippen molar-refractivity contribution in [2.24, 2.45) is 0 Å². The standard InChI is InChI=1S/C30H38N8O/c1-7-17-37-28(39)23-19-32-29(35-27(23)38(37)26-10-8-9-24(33-26)30(2,3)4)34-25-16-13-21(18-31-25)20-11-14-22(15-12-20)36(5)6/h7-10,13,16,18-20,22H,1,11-12,14-15,17H2,2-6H3,(H,31,32,34,35). The molecule has 1 aliphatic carbocycles. The van der Waals surface area contributed by atoms with Crippen molar-refractivity contribution in [3.8, 4) is 5.82 Å². The van der Waals surface area contributed by atoms with E-state index >= 15 is 0 Å². The summed E-state index contributed by atoms with van der Waals surface area (Å²) in [6.45, 7) is 10.5. The van der Waals surface area contributed by atoms with Crippen LogP contribution in [0, 0.1) is 0 Å². The molecule has 204 valence electrons. The number of hydrogen-bond donors (Lipinski definition) is 1. The number of aromatic nitrogens is 6. The summed E-state index contributed by atoms with van der Waals surface area (Å²) in [5.74, 6) is 2.19. The lowest BCUT2D eigenvalue weighted by Gasteiger charge is -2.32. The van der Waals surface area contributed by atoms with E-state index in [1.807, 2.05) is 30.5 Å². The van der Waals surface area contributed by atoms with Gasteiger partial charge in [-0.1, -0.05) is 39.0 Å². The van der Waals surface area contributed by atoms with Gasteiger partial charge in [0.1, 0.15) is 11.2 Å². The van der Waals surface area contributed by atoms with Gasteiger partial charge >= 0.3 is 0 Å². The van der Waals surface area contributed by atoms with Gasteiger partial charge in [-0.05, 0) is 69.5 Å². The molecular formula is C30H38N8O. The first kappa shape index (κ1) is 26.7. The first-order valence-corrected chi connectivity index (χ1v) is 13.6. The highest BCUT2D eigenvalue weighted by Gasteiger charge is 2.24. The molecule has 1 fully saturated rings. The fourth-order valence-corrected chi connectivity index (χ4v) is 5.33. The van der Waals surface area contributed by atoms with E-state index in [9.17, 15) is 4.79 Å². The molecule has 4 aromatic heterocycles. The van der Waals surface area contributed by atoms with Crippen LogP contribution in [0.2, 0.25) is 0 Å². The number of fused-ring (bicyclic) bond motifs is 1. The van der Waals surface area contributed by atoms with Crippen LogP contribution in [0.15, 0.2) is 60.2 Å². The minimum Gasteiger partial charge on any atom is -0.309 e. The maximum Gasteiger partial charge on any atom is 0.278 e. The lowest BCUT2D eigenvalue weighted by atomic mass is 9.82. The molecule has 1 saturated carbocycles. The first-order chi connectivity index (χ1) is 18.7. The van der Waals surface area contributed by atoms with Crippen molar-refractivity contribution in [2.45, 2.75) is 70.4 Å². The maximum absolute atomic E-state index is 13.3. The normalized spacial score (nSPS) is 18.0. The van der Waals surface area contributed by atoms with Gasteiger partial charge in [0.05, 0.1) is 6.54 Å². The van der Waals surface area contributed by atoms with Crippen LogP contribution in [-0.4, -0.2) is 54.3 Å². The molecule has 0 atom stereocenters. The molecule has 39 heavy (non-hydrogen) atoms. The Balaban J connectivity index is 1.44. The Bertz CT molecular complexity index is 1520. The van der Waals surface area contributed by atoms with Gasteiger partial charge in [0.25, 0.3) is 5.56 Å². The van der Waals surface area contributed by atoms with Gasteiger partial charge in [-0.2, -0.15) is 4.98 Å². The second-order valence-electron chi connectivity index (χ2n) is 11.6. The monoisotopic (exact) mass is 526 g/mol. The maximum atomic E-state index is 13.3. The van der Waals surface area contributed by atoms with Crippen LogP contribution in [-0.2, 0) is 12.0 Å². The first-order valence-electron chi connectivity index (χ1n) is 13.6. The Morgan fingerprint density at radius 1 is 1.05 bits per heavy atom. The summed E-state index contributed by atoms with van der Waals surface area (Å²) in [5, 5.41) is 3.64. The third-order valence-electron chi connectivity index (χ3n) is 7.62. The lowest BCUT2D eigenvalue weighted by molar-refractivity contribution is 0.216. The predicted molar refractivity (Wildman–Crippen MR) is 156 cm³/mol. The van der Waals surface area contributed by atoms with Gasteiger partial charge in [0.15, 0.2) is 11.5 Å². The van der Waals surface area contributed by atoms with Crippen molar-refractivity contribution in [1.29, 1.82) is 0 Å². The van der Waals surface area contributed by atoms with Gasteiger partial charge in [-0.15, -0.1) is 6.58 Å². The van der Waals surface area contributed by atoms with Crippen molar-refractivity contribution in [2.75, 3.05) is 19.4 Å². The van der Waals surface area contributed by atoms with Crippen LogP contribution < -0.4 is 10.9 Å². The zero-order valence-electron chi connectivity index (χ0n) is 23.6. The van der Waals surface area contributed by atoms with Crippen molar-refractivity contribution >= 4 is 22.8 Å². The van der Waals surface area contributed by atoms with Crippen LogP contribution in [0.25, 0.3) is 16.9 Å². The molecule has 0 amide bonds. The van der Waals surface area contributed by atoms with Crippen LogP contribution >= 0.6 is 0 Å². The van der Waals surface area contributed by atoms with E-state index in [-0.39, 0.29) is 11.0 Å². The Morgan fingerprint density at radius 2 is 1.82 bits per heavy atom. The lowest BCUT2D eigenvalue weighted by Crippen LogP contribution is -2.31. The molecule has 9 heteroatoms. The second-order valence-corrected chi connectivity index (χ2v) is 11.6. The van der Waals surface area contributed by atoms with E-state index in [2.05, 4.69) is 67.7 Å². The number of hydrogen-bond acceptors (Lipinski definition) is 7. The average molecular weight is 527 g/mol. The number of allylic oxidation sites excluding steroid dienone is 1. The van der Waals surface area contributed by atoms with Gasteiger partial charge in [-0.25, -0.2) is 24.3 Å². The third-order valence-corrected chi connectivity index (χ3v) is 7.62. The Labute approximate surface area is 229 Å². The van der Waals surface area contributed by atoms with E-state index in [4.69, 9.17) is 9.97 Å². The summed E-state index contributed by atoms with van der Waals surface area (Å²) in [6.07, 6.45) is 10.0. The Kier molecular flexibility index (Phi) is 7.36. The number of rotatable bonds is 7. The van der Waals surface area contributed by atoms with Crippen LogP contribution in [0.4, 0.5) is 11.8 Å². The molecule has 5 rings (SSSR count). The Morgan fingerprint density at radius 3 is 2.46 bits per heavy atom. The van der Waals surface area contributed by atoms with Crippen LogP contribution in [0.5, 0.6) is 0 Å². The molecule has 0 bridgehead atoms. The smallest absolute Gasteiger partial charge is 0.278 e. The predicted octanol–water partition coefficient (Wildman–Crippen LogP) is 5.19. The summed E-state index contributed by atoms with van der Waals surface area (Å²) in [5.41, 5.74) is 2.34. The number of nitrogens with zero attached hydrogens (tertiary/aromatic N) is 7. The molecule has 9 nitrogen and oxygen atoms in total. The summed E-state index contributed by atoms with van der Waals surface area (Å²) < 4.78 is 3.34. The molecule has 0 spiro atoms. The van der Waals surface area contributed by atoms with Crippen LogP contribution in [0.1, 0.15) is 63.6 Å².